The summed E-state index contributed by atoms with van der Waals surface area (Å²) in [6, 6.07) is 7.26. The van der Waals surface area contributed by atoms with Crippen molar-refractivity contribution in [2.45, 2.75) is 19.4 Å². The second kappa shape index (κ2) is 6.53. The molecule has 0 bridgehead atoms. The van der Waals surface area contributed by atoms with Crippen LogP contribution < -0.4 is 5.32 Å². The fraction of sp³-hybridized carbons (Fsp3) is 0.278. The summed E-state index contributed by atoms with van der Waals surface area (Å²) in [7, 11) is 0. The van der Waals surface area contributed by atoms with Gasteiger partial charge in [0, 0.05) is 18.2 Å². The Morgan fingerprint density at radius 1 is 1.28 bits per heavy atom. The zero-order valence-electron chi connectivity index (χ0n) is 13.2. The molecule has 0 unspecified atom stereocenters. The SMILES string of the molecule is O=C(NCC1CC1)c1cc2sc(Br)cc2n1Cc1ccc(F)cc1F. The van der Waals surface area contributed by atoms with Gasteiger partial charge >= 0.3 is 0 Å². The summed E-state index contributed by atoms with van der Waals surface area (Å²) in [6.45, 7) is 0.844. The van der Waals surface area contributed by atoms with E-state index < -0.39 is 11.6 Å². The van der Waals surface area contributed by atoms with Crippen LogP contribution in [-0.4, -0.2) is 17.0 Å². The van der Waals surface area contributed by atoms with Crippen LogP contribution in [0.3, 0.4) is 0 Å². The lowest BCUT2D eigenvalue weighted by Crippen LogP contribution is -2.28. The first-order valence-electron chi connectivity index (χ1n) is 8.02. The number of halogens is 3. The Hall–Kier alpha value is -1.73. The summed E-state index contributed by atoms with van der Waals surface area (Å²) < 4.78 is 30.9. The standard InChI is InChI=1S/C18H15BrF2N2OS/c19-17-7-14-16(25-17)6-15(18(24)22-8-10-1-2-10)23(14)9-11-3-4-12(20)5-13(11)21/h3-7,10H,1-2,8-9H2,(H,22,24). The summed E-state index contributed by atoms with van der Waals surface area (Å²) in [4.78, 5) is 12.6. The first kappa shape index (κ1) is 16.7. The van der Waals surface area contributed by atoms with Crippen molar-refractivity contribution in [3.63, 3.8) is 0 Å². The smallest absolute Gasteiger partial charge is 0.267 e. The van der Waals surface area contributed by atoms with Crippen molar-refractivity contribution in [1.82, 2.24) is 9.88 Å². The van der Waals surface area contributed by atoms with Gasteiger partial charge in [-0.1, -0.05) is 6.07 Å². The molecule has 1 amide bonds. The minimum absolute atomic E-state index is 0.158. The van der Waals surface area contributed by atoms with Gasteiger partial charge in [0.1, 0.15) is 17.3 Å². The molecule has 2 aromatic heterocycles. The van der Waals surface area contributed by atoms with Crippen LogP contribution in [0, 0.1) is 17.6 Å². The predicted octanol–water partition coefficient (Wildman–Crippen LogP) is 4.93. The van der Waals surface area contributed by atoms with Crippen LogP contribution in [0.25, 0.3) is 10.2 Å². The lowest BCUT2D eigenvalue weighted by Gasteiger charge is -2.11. The van der Waals surface area contributed by atoms with E-state index in [4.69, 9.17) is 0 Å². The first-order valence-corrected chi connectivity index (χ1v) is 9.63. The highest BCUT2D eigenvalue weighted by molar-refractivity contribution is 9.11. The van der Waals surface area contributed by atoms with Gasteiger partial charge in [-0.05, 0) is 52.9 Å². The number of nitrogens with one attached hydrogen (secondary N) is 1. The number of nitrogens with zero attached hydrogens (tertiary/aromatic N) is 1. The lowest BCUT2D eigenvalue weighted by molar-refractivity contribution is 0.0943. The molecular weight excluding hydrogens is 410 g/mol. The molecule has 1 aromatic carbocycles. The average Bonchev–Trinajstić information content (AvgIpc) is 3.24. The molecule has 0 atom stereocenters. The molecule has 3 aromatic rings. The Morgan fingerprint density at radius 2 is 2.08 bits per heavy atom. The molecule has 0 aliphatic heterocycles. The number of carbonyl (C=O) groups excluding carboxylic acids is 1. The monoisotopic (exact) mass is 424 g/mol. The van der Waals surface area contributed by atoms with Crippen LogP contribution in [-0.2, 0) is 6.54 Å². The molecule has 4 rings (SSSR count). The van der Waals surface area contributed by atoms with Crippen molar-refractivity contribution in [3.05, 3.63) is 57.0 Å². The molecule has 1 N–H and O–H groups in total. The van der Waals surface area contributed by atoms with Gasteiger partial charge in [0.25, 0.3) is 5.91 Å². The second-order valence-corrected chi connectivity index (χ2v) is 8.77. The van der Waals surface area contributed by atoms with Crippen molar-refractivity contribution in [1.29, 1.82) is 0 Å². The van der Waals surface area contributed by atoms with Crippen LogP contribution in [0.4, 0.5) is 8.78 Å². The number of hydrogen-bond donors (Lipinski definition) is 1. The molecule has 2 heterocycles. The minimum atomic E-state index is -0.611. The number of thiophene rings is 1. The highest BCUT2D eigenvalue weighted by atomic mass is 79.9. The fourth-order valence-corrected chi connectivity index (χ4v) is 4.40. The third-order valence-electron chi connectivity index (χ3n) is 4.38. The zero-order chi connectivity index (χ0) is 17.6. The number of rotatable bonds is 5. The number of benzene rings is 1. The Balaban J connectivity index is 1.70. The molecule has 3 nitrogen and oxygen atoms in total. The molecule has 0 saturated heterocycles. The van der Waals surface area contributed by atoms with Crippen molar-refractivity contribution < 1.29 is 13.6 Å². The van der Waals surface area contributed by atoms with E-state index in [9.17, 15) is 13.6 Å². The number of aromatic nitrogens is 1. The van der Waals surface area contributed by atoms with E-state index in [2.05, 4.69) is 21.2 Å². The molecule has 0 radical (unpaired) electrons. The Labute approximate surface area is 155 Å². The van der Waals surface area contributed by atoms with Crippen molar-refractivity contribution >= 4 is 43.4 Å². The van der Waals surface area contributed by atoms with Crippen molar-refractivity contribution in [3.8, 4) is 0 Å². The van der Waals surface area contributed by atoms with Gasteiger partial charge in [-0.15, -0.1) is 11.3 Å². The minimum Gasteiger partial charge on any atom is -0.350 e. The van der Waals surface area contributed by atoms with E-state index >= 15 is 0 Å². The molecule has 1 aliphatic carbocycles. The third kappa shape index (κ3) is 3.48. The number of hydrogen-bond acceptors (Lipinski definition) is 2. The second-order valence-electron chi connectivity index (χ2n) is 6.30. The zero-order valence-corrected chi connectivity index (χ0v) is 15.6. The highest BCUT2D eigenvalue weighted by Crippen LogP contribution is 2.33. The molecule has 1 fully saturated rings. The Kier molecular flexibility index (Phi) is 4.37. The van der Waals surface area contributed by atoms with Crippen molar-refractivity contribution in [2.24, 2.45) is 5.92 Å². The molecule has 1 saturated carbocycles. The number of carbonyl (C=O) groups is 1. The molecule has 130 valence electrons. The average molecular weight is 425 g/mol. The third-order valence-corrected chi connectivity index (χ3v) is 5.96. The van der Waals surface area contributed by atoms with E-state index in [1.54, 1.807) is 4.57 Å². The van der Waals surface area contributed by atoms with Gasteiger partial charge in [-0.3, -0.25) is 4.79 Å². The maximum absolute atomic E-state index is 14.1. The van der Waals surface area contributed by atoms with E-state index in [0.29, 0.717) is 23.7 Å². The van der Waals surface area contributed by atoms with Crippen LogP contribution in [0.2, 0.25) is 0 Å². The Morgan fingerprint density at radius 3 is 2.80 bits per heavy atom. The number of amides is 1. The predicted molar refractivity (Wildman–Crippen MR) is 98.0 cm³/mol. The summed E-state index contributed by atoms with van der Waals surface area (Å²) in [5.41, 5.74) is 1.70. The molecule has 0 spiro atoms. The maximum Gasteiger partial charge on any atom is 0.267 e. The molecular formula is C18H15BrF2N2OS. The molecule has 7 heteroatoms. The summed E-state index contributed by atoms with van der Waals surface area (Å²) in [6.07, 6.45) is 2.31. The van der Waals surface area contributed by atoms with Gasteiger partial charge in [0.15, 0.2) is 0 Å². The van der Waals surface area contributed by atoms with E-state index in [1.165, 1.54) is 23.5 Å². The lowest BCUT2D eigenvalue weighted by atomic mass is 10.2. The van der Waals surface area contributed by atoms with E-state index in [-0.39, 0.29) is 12.5 Å². The van der Waals surface area contributed by atoms with E-state index in [1.807, 2.05) is 12.1 Å². The highest BCUT2D eigenvalue weighted by Gasteiger charge is 2.24. The topological polar surface area (TPSA) is 34.0 Å². The normalized spacial score (nSPS) is 14.2. The maximum atomic E-state index is 14.1. The largest absolute Gasteiger partial charge is 0.350 e. The first-order chi connectivity index (χ1) is 12.0. The van der Waals surface area contributed by atoms with Gasteiger partial charge in [-0.2, -0.15) is 0 Å². The molecule has 1 aliphatic rings. The number of fused-ring (bicyclic) bond motifs is 1. The van der Waals surface area contributed by atoms with Gasteiger partial charge in [-0.25, -0.2) is 8.78 Å². The van der Waals surface area contributed by atoms with Crippen LogP contribution in [0.15, 0.2) is 34.1 Å². The van der Waals surface area contributed by atoms with Crippen LogP contribution in [0.1, 0.15) is 28.9 Å². The summed E-state index contributed by atoms with van der Waals surface area (Å²) in [5, 5.41) is 2.96. The van der Waals surface area contributed by atoms with Gasteiger partial charge in [0.05, 0.1) is 20.5 Å². The molecule has 25 heavy (non-hydrogen) atoms. The summed E-state index contributed by atoms with van der Waals surface area (Å²) in [5.74, 6) is -0.800. The Bertz CT molecular complexity index is 962. The fourth-order valence-electron chi connectivity index (χ4n) is 2.84. The quantitative estimate of drug-likeness (QED) is 0.618. The summed E-state index contributed by atoms with van der Waals surface area (Å²) >= 11 is 4.97. The van der Waals surface area contributed by atoms with Gasteiger partial charge in [0.2, 0.25) is 0 Å². The van der Waals surface area contributed by atoms with Crippen LogP contribution >= 0.6 is 27.3 Å². The van der Waals surface area contributed by atoms with Crippen LogP contribution in [0.5, 0.6) is 0 Å². The van der Waals surface area contributed by atoms with Crippen molar-refractivity contribution in [2.75, 3.05) is 6.54 Å². The van der Waals surface area contributed by atoms with E-state index in [0.717, 1.165) is 32.9 Å². The van der Waals surface area contributed by atoms with Gasteiger partial charge < -0.3 is 9.88 Å².